The van der Waals surface area contributed by atoms with Crippen molar-refractivity contribution in [3.05, 3.63) is 29.8 Å². The molecule has 1 unspecified atom stereocenters. The molecule has 0 saturated carbocycles. The number of benzene rings is 1. The van der Waals surface area contributed by atoms with Gasteiger partial charge in [-0.15, -0.1) is 0 Å². The van der Waals surface area contributed by atoms with E-state index in [1.165, 1.54) is 0 Å². The Labute approximate surface area is 110 Å². The van der Waals surface area contributed by atoms with Crippen LogP contribution >= 0.6 is 0 Å². The highest BCUT2D eigenvalue weighted by Crippen LogP contribution is 2.12. The molecule has 18 heavy (non-hydrogen) atoms. The maximum atomic E-state index is 11.9. The largest absolute Gasteiger partial charge is 0.385 e. The van der Waals surface area contributed by atoms with Gasteiger partial charge in [0, 0.05) is 23.8 Å². The lowest BCUT2D eigenvalue weighted by atomic mass is 10.1. The zero-order chi connectivity index (χ0) is 13.5. The lowest BCUT2D eigenvalue weighted by Gasteiger charge is -2.13. The molecule has 100 valence electrons. The molecule has 3 heteroatoms. The molecule has 0 aliphatic carbocycles. The monoisotopic (exact) mass is 248 g/mol. The Morgan fingerprint density at radius 3 is 2.61 bits per heavy atom. The molecule has 0 radical (unpaired) electrons. The number of anilines is 1. The predicted octanol–water partition coefficient (Wildman–Crippen LogP) is 3.28. The first kappa shape index (κ1) is 14.6. The van der Waals surface area contributed by atoms with Crippen molar-refractivity contribution in [3.63, 3.8) is 0 Å². The van der Waals surface area contributed by atoms with Crippen molar-refractivity contribution in [2.24, 2.45) is 5.92 Å². The van der Waals surface area contributed by atoms with Crippen LogP contribution in [0.3, 0.4) is 0 Å². The second kappa shape index (κ2) is 7.04. The van der Waals surface area contributed by atoms with E-state index in [0.717, 1.165) is 18.7 Å². The second-order valence-corrected chi connectivity index (χ2v) is 5.10. The van der Waals surface area contributed by atoms with Gasteiger partial charge in [0.1, 0.15) is 0 Å². The molecule has 2 N–H and O–H groups in total. The summed E-state index contributed by atoms with van der Waals surface area (Å²) in [6.45, 7) is 9.25. The van der Waals surface area contributed by atoms with E-state index in [-0.39, 0.29) is 11.9 Å². The van der Waals surface area contributed by atoms with Crippen LogP contribution in [-0.4, -0.2) is 18.5 Å². The normalized spacial score (nSPS) is 12.3. The number of hydrogen-bond acceptors (Lipinski definition) is 2. The van der Waals surface area contributed by atoms with Gasteiger partial charge in [-0.3, -0.25) is 4.79 Å². The van der Waals surface area contributed by atoms with Gasteiger partial charge in [0.15, 0.2) is 0 Å². The zero-order valence-electron chi connectivity index (χ0n) is 11.8. The highest BCUT2D eigenvalue weighted by atomic mass is 16.1. The fraction of sp³-hybridized carbons (Fsp3) is 0.533. The quantitative estimate of drug-likeness (QED) is 0.811. The lowest BCUT2D eigenvalue weighted by molar-refractivity contribution is 0.0943. The third kappa shape index (κ3) is 4.78. The van der Waals surface area contributed by atoms with Crippen molar-refractivity contribution in [1.82, 2.24) is 5.32 Å². The average Bonchev–Trinajstić information content (AvgIpc) is 2.35. The topological polar surface area (TPSA) is 41.1 Å². The second-order valence-electron chi connectivity index (χ2n) is 5.10. The highest BCUT2D eigenvalue weighted by molar-refractivity contribution is 5.95. The van der Waals surface area contributed by atoms with E-state index >= 15 is 0 Å². The Kier molecular flexibility index (Phi) is 5.69. The standard InChI is InChI=1S/C15H24N2O/c1-5-12(4)10-16-14-8-6-7-13(9-14)15(18)17-11(2)3/h6-9,11-12,16H,5,10H2,1-4H3,(H,17,18). The van der Waals surface area contributed by atoms with Crippen LogP contribution in [0, 0.1) is 5.92 Å². The molecule has 3 nitrogen and oxygen atoms in total. The number of rotatable bonds is 6. The van der Waals surface area contributed by atoms with Crippen LogP contribution < -0.4 is 10.6 Å². The first-order valence-corrected chi connectivity index (χ1v) is 6.67. The lowest BCUT2D eigenvalue weighted by Crippen LogP contribution is -2.30. The summed E-state index contributed by atoms with van der Waals surface area (Å²) < 4.78 is 0. The molecule has 0 aliphatic rings. The minimum Gasteiger partial charge on any atom is -0.385 e. The van der Waals surface area contributed by atoms with E-state index in [2.05, 4.69) is 24.5 Å². The molecule has 0 bridgehead atoms. The summed E-state index contributed by atoms with van der Waals surface area (Å²) in [7, 11) is 0. The van der Waals surface area contributed by atoms with Gasteiger partial charge in [0.25, 0.3) is 5.91 Å². The van der Waals surface area contributed by atoms with E-state index < -0.39 is 0 Å². The fourth-order valence-corrected chi connectivity index (χ4v) is 1.55. The van der Waals surface area contributed by atoms with Gasteiger partial charge in [0.2, 0.25) is 0 Å². The van der Waals surface area contributed by atoms with Crippen molar-refractivity contribution >= 4 is 11.6 Å². The van der Waals surface area contributed by atoms with E-state index in [0.29, 0.717) is 11.5 Å². The molecule has 0 aliphatic heterocycles. The summed E-state index contributed by atoms with van der Waals surface area (Å²) in [6.07, 6.45) is 1.15. The Bertz CT molecular complexity index is 388. The third-order valence-corrected chi connectivity index (χ3v) is 2.90. The van der Waals surface area contributed by atoms with Gasteiger partial charge in [-0.05, 0) is 38.0 Å². The summed E-state index contributed by atoms with van der Waals surface area (Å²) in [5, 5.41) is 6.26. The van der Waals surface area contributed by atoms with Crippen molar-refractivity contribution in [1.29, 1.82) is 0 Å². The molecular formula is C15H24N2O. The number of carbonyl (C=O) groups is 1. The Morgan fingerprint density at radius 2 is 2.00 bits per heavy atom. The number of nitrogens with one attached hydrogen (secondary N) is 2. The van der Waals surface area contributed by atoms with Gasteiger partial charge in [-0.2, -0.15) is 0 Å². The van der Waals surface area contributed by atoms with Crippen molar-refractivity contribution in [2.75, 3.05) is 11.9 Å². The van der Waals surface area contributed by atoms with E-state index in [4.69, 9.17) is 0 Å². The van der Waals surface area contributed by atoms with Crippen LogP contribution in [0.1, 0.15) is 44.5 Å². The minimum atomic E-state index is -0.0165. The van der Waals surface area contributed by atoms with Crippen LogP contribution in [0.5, 0.6) is 0 Å². The number of amides is 1. The molecule has 0 spiro atoms. The van der Waals surface area contributed by atoms with Crippen LogP contribution in [0.2, 0.25) is 0 Å². The van der Waals surface area contributed by atoms with Gasteiger partial charge in [0.05, 0.1) is 0 Å². The molecule has 0 fully saturated rings. The molecule has 0 aromatic heterocycles. The van der Waals surface area contributed by atoms with Gasteiger partial charge in [-0.1, -0.05) is 26.3 Å². The molecule has 1 aromatic rings. The number of hydrogen-bond donors (Lipinski definition) is 2. The summed E-state index contributed by atoms with van der Waals surface area (Å²) in [5.74, 6) is 0.621. The van der Waals surface area contributed by atoms with Crippen LogP contribution in [0.15, 0.2) is 24.3 Å². The van der Waals surface area contributed by atoms with E-state index in [1.54, 1.807) is 0 Å². The van der Waals surface area contributed by atoms with Crippen LogP contribution in [-0.2, 0) is 0 Å². The first-order valence-electron chi connectivity index (χ1n) is 6.67. The van der Waals surface area contributed by atoms with Crippen LogP contribution in [0.4, 0.5) is 5.69 Å². The molecule has 0 saturated heterocycles. The smallest absolute Gasteiger partial charge is 0.251 e. The average molecular weight is 248 g/mol. The summed E-state index contributed by atoms with van der Waals surface area (Å²) in [6, 6.07) is 7.81. The van der Waals surface area contributed by atoms with Crippen molar-refractivity contribution < 1.29 is 4.79 Å². The minimum absolute atomic E-state index is 0.0165. The van der Waals surface area contributed by atoms with Crippen molar-refractivity contribution in [2.45, 2.75) is 40.2 Å². The molecule has 1 amide bonds. The Balaban J connectivity index is 2.64. The predicted molar refractivity (Wildman–Crippen MR) is 77.0 cm³/mol. The van der Waals surface area contributed by atoms with E-state index in [1.807, 2.05) is 38.1 Å². The molecule has 1 atom stereocenters. The molecular weight excluding hydrogens is 224 g/mol. The molecule has 1 aromatic carbocycles. The third-order valence-electron chi connectivity index (χ3n) is 2.90. The van der Waals surface area contributed by atoms with Gasteiger partial charge >= 0.3 is 0 Å². The molecule has 0 heterocycles. The molecule has 1 rings (SSSR count). The Hall–Kier alpha value is -1.51. The van der Waals surface area contributed by atoms with E-state index in [9.17, 15) is 4.79 Å². The number of carbonyl (C=O) groups excluding carboxylic acids is 1. The SMILES string of the molecule is CCC(C)CNc1cccc(C(=O)NC(C)C)c1. The van der Waals surface area contributed by atoms with Gasteiger partial charge < -0.3 is 10.6 Å². The maximum absolute atomic E-state index is 11.9. The summed E-state index contributed by atoms with van der Waals surface area (Å²) >= 11 is 0. The van der Waals surface area contributed by atoms with Crippen molar-refractivity contribution in [3.8, 4) is 0 Å². The first-order chi connectivity index (χ1) is 8.52. The summed E-state index contributed by atoms with van der Waals surface area (Å²) in [4.78, 5) is 11.9. The Morgan fingerprint density at radius 1 is 1.28 bits per heavy atom. The zero-order valence-corrected chi connectivity index (χ0v) is 11.8. The highest BCUT2D eigenvalue weighted by Gasteiger charge is 2.07. The van der Waals surface area contributed by atoms with Gasteiger partial charge in [-0.25, -0.2) is 0 Å². The fourth-order valence-electron chi connectivity index (χ4n) is 1.55. The summed E-state index contributed by atoms with van der Waals surface area (Å²) in [5.41, 5.74) is 1.71. The van der Waals surface area contributed by atoms with Crippen LogP contribution in [0.25, 0.3) is 0 Å². The maximum Gasteiger partial charge on any atom is 0.251 e.